The molecule has 0 spiro atoms. The van der Waals surface area contributed by atoms with Crippen LogP contribution in [0.2, 0.25) is 18.1 Å². The molecule has 2 aromatic carbocycles. The second kappa shape index (κ2) is 9.15. The van der Waals surface area contributed by atoms with Crippen molar-refractivity contribution in [2.45, 2.75) is 77.7 Å². The van der Waals surface area contributed by atoms with Gasteiger partial charge in [-0.25, -0.2) is 4.89 Å². The van der Waals surface area contributed by atoms with Gasteiger partial charge in [-0.1, -0.05) is 84.0 Å². The zero-order chi connectivity index (χ0) is 24.5. The van der Waals surface area contributed by atoms with E-state index >= 15 is 0 Å². The van der Waals surface area contributed by atoms with Gasteiger partial charge in [0, 0.05) is 18.1 Å². The molecule has 6 heteroatoms. The Labute approximate surface area is 200 Å². The van der Waals surface area contributed by atoms with Crippen LogP contribution in [0, 0.1) is 5.41 Å². The van der Waals surface area contributed by atoms with E-state index in [-0.39, 0.29) is 10.5 Å². The van der Waals surface area contributed by atoms with Gasteiger partial charge in [-0.15, -0.1) is 0 Å². The highest BCUT2D eigenvalue weighted by Gasteiger charge is 2.72. The summed E-state index contributed by atoms with van der Waals surface area (Å²) in [4.78, 5) is 11.7. The Morgan fingerprint density at radius 2 is 1.55 bits per heavy atom. The van der Waals surface area contributed by atoms with Gasteiger partial charge < -0.3 is 13.9 Å². The van der Waals surface area contributed by atoms with E-state index in [1.807, 2.05) is 54.6 Å². The van der Waals surface area contributed by atoms with Crippen LogP contribution in [0.4, 0.5) is 0 Å². The van der Waals surface area contributed by atoms with E-state index in [9.17, 15) is 0 Å². The molecule has 2 unspecified atom stereocenters. The van der Waals surface area contributed by atoms with Crippen LogP contribution in [-0.2, 0) is 31.6 Å². The molecule has 2 aromatic rings. The summed E-state index contributed by atoms with van der Waals surface area (Å²) in [6, 6.07) is 18.1. The molecule has 1 fully saturated rings. The Hall–Kier alpha value is -1.70. The van der Waals surface area contributed by atoms with Crippen LogP contribution in [-0.4, -0.2) is 27.6 Å². The maximum atomic E-state index is 6.56. The lowest BCUT2D eigenvalue weighted by atomic mass is 9.68. The predicted octanol–water partition coefficient (Wildman–Crippen LogP) is 6.83. The lowest BCUT2D eigenvalue weighted by molar-refractivity contribution is -0.638. The molecule has 0 N–H and O–H groups in total. The highest BCUT2D eigenvalue weighted by Crippen LogP contribution is 2.58. The molecule has 182 valence electrons. The fourth-order valence-corrected chi connectivity index (χ4v) is 4.89. The van der Waals surface area contributed by atoms with Gasteiger partial charge in [0.05, 0.1) is 13.2 Å². The van der Waals surface area contributed by atoms with Crippen molar-refractivity contribution in [1.29, 1.82) is 0 Å². The summed E-state index contributed by atoms with van der Waals surface area (Å²) in [7, 11) is -0.344. The first-order valence-electron chi connectivity index (χ1n) is 11.6. The molecule has 1 heterocycles. The van der Waals surface area contributed by atoms with Crippen LogP contribution in [0.5, 0.6) is 5.75 Å². The van der Waals surface area contributed by atoms with Crippen molar-refractivity contribution in [2.75, 3.05) is 13.7 Å². The Bertz CT molecular complexity index is 928. The second-order valence-corrected chi connectivity index (χ2v) is 16.2. The van der Waals surface area contributed by atoms with Gasteiger partial charge >= 0.3 is 0 Å². The Morgan fingerprint density at radius 3 is 2.06 bits per heavy atom. The van der Waals surface area contributed by atoms with E-state index in [0.717, 1.165) is 16.9 Å². The van der Waals surface area contributed by atoms with Gasteiger partial charge in [0.2, 0.25) is 8.32 Å². The molecule has 1 aliphatic rings. The van der Waals surface area contributed by atoms with Crippen LogP contribution in [0.25, 0.3) is 0 Å². The third-order valence-electron chi connectivity index (χ3n) is 7.14. The van der Waals surface area contributed by atoms with Crippen molar-refractivity contribution >= 4 is 8.32 Å². The van der Waals surface area contributed by atoms with Crippen LogP contribution >= 0.6 is 0 Å². The SMILES string of the molecule is COC1(c2cccc(O[Si](C)(C)C(C)(C)C)c2)OOC1(COCc1ccccc1)C(C)(C)C. The molecule has 1 saturated heterocycles. The fraction of sp³-hybridized carbons (Fsp3) is 0.556. The maximum Gasteiger partial charge on any atom is 0.263 e. The number of ether oxygens (including phenoxy) is 2. The minimum atomic E-state index is -2.00. The monoisotopic (exact) mass is 472 g/mol. The van der Waals surface area contributed by atoms with Gasteiger partial charge in [0.1, 0.15) is 5.75 Å². The van der Waals surface area contributed by atoms with Crippen LogP contribution < -0.4 is 4.43 Å². The minimum Gasteiger partial charge on any atom is -0.543 e. The standard InChI is InChI=1S/C27H40O5Si/c1-24(2,3)26(20-29-19-21-14-11-10-12-15-21)27(28-7,32-31-26)22-16-13-17-23(18-22)30-33(8,9)25(4,5)6/h10-18H,19-20H2,1-9H3. The van der Waals surface area contributed by atoms with Gasteiger partial charge in [-0.05, 0) is 35.8 Å². The molecule has 0 amide bonds. The van der Waals surface area contributed by atoms with Crippen molar-refractivity contribution < 1.29 is 23.7 Å². The Kier molecular flexibility index (Phi) is 7.19. The summed E-state index contributed by atoms with van der Waals surface area (Å²) in [5, 5.41) is 0.0957. The lowest BCUT2D eigenvalue weighted by Crippen LogP contribution is -2.73. The summed E-state index contributed by atoms with van der Waals surface area (Å²) in [5.41, 5.74) is 0.771. The third kappa shape index (κ3) is 4.77. The molecule has 0 saturated carbocycles. The van der Waals surface area contributed by atoms with Crippen molar-refractivity contribution in [3.05, 3.63) is 65.7 Å². The van der Waals surface area contributed by atoms with Gasteiger partial charge in [0.15, 0.2) is 5.60 Å². The average molecular weight is 473 g/mol. The van der Waals surface area contributed by atoms with Gasteiger partial charge in [0.25, 0.3) is 5.79 Å². The first-order chi connectivity index (χ1) is 15.3. The van der Waals surface area contributed by atoms with Crippen molar-refractivity contribution in [3.63, 3.8) is 0 Å². The Balaban J connectivity index is 1.92. The van der Waals surface area contributed by atoms with E-state index in [0.29, 0.717) is 13.2 Å². The van der Waals surface area contributed by atoms with Crippen LogP contribution in [0.15, 0.2) is 54.6 Å². The van der Waals surface area contributed by atoms with Crippen LogP contribution in [0.3, 0.4) is 0 Å². The topological polar surface area (TPSA) is 46.2 Å². The highest BCUT2D eigenvalue weighted by atomic mass is 28.4. The number of methoxy groups -OCH3 is 1. The van der Waals surface area contributed by atoms with Crippen molar-refractivity contribution in [1.82, 2.24) is 0 Å². The number of hydrogen-bond donors (Lipinski definition) is 0. The van der Waals surface area contributed by atoms with Gasteiger partial charge in [-0.3, -0.25) is 0 Å². The van der Waals surface area contributed by atoms with E-state index in [4.69, 9.17) is 23.7 Å². The summed E-state index contributed by atoms with van der Waals surface area (Å²) in [6.07, 6.45) is 0. The number of hydrogen-bond acceptors (Lipinski definition) is 5. The van der Waals surface area contributed by atoms with E-state index in [2.05, 4.69) is 54.6 Å². The fourth-order valence-electron chi connectivity index (χ4n) is 3.87. The molecule has 0 bridgehead atoms. The maximum absolute atomic E-state index is 6.56. The Morgan fingerprint density at radius 1 is 0.879 bits per heavy atom. The minimum absolute atomic E-state index is 0.0957. The molecule has 1 aliphatic heterocycles. The van der Waals surface area contributed by atoms with Crippen molar-refractivity contribution in [2.24, 2.45) is 5.41 Å². The van der Waals surface area contributed by atoms with E-state index in [1.54, 1.807) is 7.11 Å². The molecule has 2 atom stereocenters. The lowest BCUT2D eigenvalue weighted by Gasteiger charge is -2.60. The molecule has 0 aromatic heterocycles. The molecule has 33 heavy (non-hydrogen) atoms. The third-order valence-corrected chi connectivity index (χ3v) is 11.5. The number of rotatable bonds is 8. The summed E-state index contributed by atoms with van der Waals surface area (Å²) >= 11 is 0. The molecule has 0 radical (unpaired) electrons. The largest absolute Gasteiger partial charge is 0.543 e. The van der Waals surface area contributed by atoms with E-state index in [1.165, 1.54) is 0 Å². The van der Waals surface area contributed by atoms with Crippen LogP contribution in [0.1, 0.15) is 52.7 Å². The summed E-state index contributed by atoms with van der Waals surface area (Å²) in [5.74, 6) is -0.298. The summed E-state index contributed by atoms with van der Waals surface area (Å²) < 4.78 is 18.8. The molecule has 3 rings (SSSR count). The molecular weight excluding hydrogens is 432 g/mol. The smallest absolute Gasteiger partial charge is 0.263 e. The molecule has 0 aliphatic carbocycles. The predicted molar refractivity (Wildman–Crippen MR) is 133 cm³/mol. The first kappa shape index (κ1) is 25.9. The molecule has 5 nitrogen and oxygen atoms in total. The van der Waals surface area contributed by atoms with Crippen molar-refractivity contribution in [3.8, 4) is 5.75 Å². The zero-order valence-corrected chi connectivity index (χ0v) is 22.7. The highest BCUT2D eigenvalue weighted by molar-refractivity contribution is 6.74. The first-order valence-corrected chi connectivity index (χ1v) is 14.5. The summed E-state index contributed by atoms with van der Waals surface area (Å²) in [6.45, 7) is 18.3. The van der Waals surface area contributed by atoms with E-state index < -0.39 is 19.7 Å². The zero-order valence-electron chi connectivity index (χ0n) is 21.7. The molecular formula is C27H40O5Si. The number of benzene rings is 2. The van der Waals surface area contributed by atoms with Gasteiger partial charge in [-0.2, -0.15) is 4.89 Å². The normalized spacial score (nSPS) is 23.8. The average Bonchev–Trinajstić information content (AvgIpc) is 2.70. The quantitative estimate of drug-likeness (QED) is 0.311. The second-order valence-electron chi connectivity index (χ2n) is 11.4.